The fraction of sp³-hybridized carbons (Fsp3) is 0.241. The monoisotopic (exact) mass is 494 g/mol. The van der Waals surface area contributed by atoms with E-state index in [1.807, 2.05) is 0 Å². The zero-order valence-corrected chi connectivity index (χ0v) is 20.7. The zero-order chi connectivity index (χ0) is 25.7. The van der Waals surface area contributed by atoms with Crippen molar-refractivity contribution >= 4 is 34.4 Å². The van der Waals surface area contributed by atoms with Crippen LogP contribution in [0.3, 0.4) is 0 Å². The van der Waals surface area contributed by atoms with Crippen molar-refractivity contribution in [1.29, 1.82) is 0 Å². The highest BCUT2D eigenvalue weighted by atomic mass is 16.3. The molecule has 6 rings (SSSR count). The molecule has 1 fully saturated rings. The Balaban J connectivity index is 1.17. The summed E-state index contributed by atoms with van der Waals surface area (Å²) in [6, 6.07) is 16.5. The molecule has 2 aromatic heterocycles. The van der Waals surface area contributed by atoms with Gasteiger partial charge in [-0.3, -0.25) is 19.3 Å². The van der Waals surface area contributed by atoms with E-state index in [1.165, 1.54) is 11.8 Å². The molecule has 2 aliphatic heterocycles. The highest BCUT2D eigenvalue weighted by molar-refractivity contribution is 6.22. The molecule has 3 amide bonds. The Hall–Kier alpha value is -4.46. The van der Waals surface area contributed by atoms with E-state index in [0.29, 0.717) is 43.1 Å². The van der Waals surface area contributed by atoms with Gasteiger partial charge in [-0.1, -0.05) is 18.2 Å². The minimum absolute atomic E-state index is 0.0619. The Kier molecular flexibility index (Phi) is 5.52. The Bertz CT molecular complexity index is 1550. The first-order chi connectivity index (χ1) is 17.9. The van der Waals surface area contributed by atoms with Gasteiger partial charge in [-0.05, 0) is 61.4 Å². The lowest BCUT2D eigenvalue weighted by atomic mass is 10.0. The van der Waals surface area contributed by atoms with E-state index < -0.39 is 5.91 Å². The predicted octanol–water partition coefficient (Wildman–Crippen LogP) is 4.20. The summed E-state index contributed by atoms with van der Waals surface area (Å²) in [4.78, 5) is 49.1. The standard InChI is InChI=1S/C29H26N4O4/c1-18-5-3-7-22-19(2)15-25(30-26(18)22)31-10-12-32(13-11-31)27(34)20-8-9-23-24(16-20)29(36)33(28(23)35)17-21-6-4-14-37-21/h3-9,14-16H,10-13,17H2,1-2H3. The molecule has 1 saturated heterocycles. The van der Waals surface area contributed by atoms with Crippen LogP contribution in [-0.2, 0) is 6.54 Å². The lowest BCUT2D eigenvalue weighted by molar-refractivity contribution is 0.0631. The van der Waals surface area contributed by atoms with Gasteiger partial charge in [0, 0.05) is 37.1 Å². The fourth-order valence-corrected chi connectivity index (χ4v) is 5.15. The van der Waals surface area contributed by atoms with Crippen LogP contribution in [0.25, 0.3) is 10.9 Å². The molecule has 0 aliphatic carbocycles. The molecule has 2 aromatic carbocycles. The normalized spacial score (nSPS) is 15.6. The Morgan fingerprint density at radius 2 is 1.68 bits per heavy atom. The molecule has 0 spiro atoms. The average molecular weight is 495 g/mol. The number of nitrogens with zero attached hydrogens (tertiary/aromatic N) is 4. The van der Waals surface area contributed by atoms with Crippen LogP contribution in [0.5, 0.6) is 0 Å². The quantitative estimate of drug-likeness (QED) is 0.395. The molecule has 0 radical (unpaired) electrons. The van der Waals surface area contributed by atoms with E-state index in [0.717, 1.165) is 27.2 Å². The lowest BCUT2D eigenvalue weighted by Crippen LogP contribution is -2.49. The molecule has 0 unspecified atom stereocenters. The fourth-order valence-electron chi connectivity index (χ4n) is 5.15. The third-order valence-corrected chi connectivity index (χ3v) is 7.24. The molecule has 37 heavy (non-hydrogen) atoms. The smallest absolute Gasteiger partial charge is 0.261 e. The first kappa shape index (κ1) is 23.0. The number of amides is 3. The van der Waals surface area contributed by atoms with E-state index in [-0.39, 0.29) is 23.9 Å². The van der Waals surface area contributed by atoms with E-state index >= 15 is 0 Å². The maximum Gasteiger partial charge on any atom is 0.261 e. The molecular formula is C29H26N4O4. The summed E-state index contributed by atoms with van der Waals surface area (Å²) < 4.78 is 5.29. The average Bonchev–Trinajstić information content (AvgIpc) is 3.51. The number of carbonyl (C=O) groups is 3. The van der Waals surface area contributed by atoms with E-state index in [2.05, 4.69) is 43.0 Å². The van der Waals surface area contributed by atoms with Crippen LogP contribution in [0.1, 0.15) is 48.0 Å². The van der Waals surface area contributed by atoms with Gasteiger partial charge in [0.25, 0.3) is 17.7 Å². The number of rotatable bonds is 4. The van der Waals surface area contributed by atoms with Crippen molar-refractivity contribution in [2.45, 2.75) is 20.4 Å². The van der Waals surface area contributed by atoms with Gasteiger partial charge in [-0.25, -0.2) is 4.98 Å². The lowest BCUT2D eigenvalue weighted by Gasteiger charge is -2.35. The number of imide groups is 1. The number of pyridine rings is 1. The zero-order valence-electron chi connectivity index (χ0n) is 20.7. The number of para-hydroxylation sites is 1. The van der Waals surface area contributed by atoms with Crippen molar-refractivity contribution in [2.24, 2.45) is 0 Å². The summed E-state index contributed by atoms with van der Waals surface area (Å²) in [7, 11) is 0. The topological polar surface area (TPSA) is 87.0 Å². The van der Waals surface area contributed by atoms with Gasteiger partial charge in [-0.2, -0.15) is 0 Å². The summed E-state index contributed by atoms with van der Waals surface area (Å²) in [5.74, 6) is 0.506. The van der Waals surface area contributed by atoms with Crippen LogP contribution in [0.2, 0.25) is 0 Å². The van der Waals surface area contributed by atoms with Crippen molar-refractivity contribution in [3.05, 3.63) is 94.4 Å². The number of benzene rings is 2. The van der Waals surface area contributed by atoms with Crippen LogP contribution in [-0.4, -0.2) is 58.7 Å². The van der Waals surface area contributed by atoms with E-state index in [4.69, 9.17) is 9.40 Å². The number of anilines is 1. The molecule has 0 saturated carbocycles. The van der Waals surface area contributed by atoms with Crippen molar-refractivity contribution in [3.63, 3.8) is 0 Å². The third-order valence-electron chi connectivity index (χ3n) is 7.24. The molecule has 8 heteroatoms. The highest BCUT2D eigenvalue weighted by Gasteiger charge is 2.37. The molecule has 8 nitrogen and oxygen atoms in total. The number of piperazine rings is 1. The summed E-state index contributed by atoms with van der Waals surface area (Å²) in [6.07, 6.45) is 1.50. The number of hydrogen-bond donors (Lipinski definition) is 0. The number of furan rings is 1. The van der Waals surface area contributed by atoms with Gasteiger partial charge in [0.2, 0.25) is 0 Å². The number of aromatic nitrogens is 1. The number of fused-ring (bicyclic) bond motifs is 2. The number of aryl methyl sites for hydroxylation is 2. The van der Waals surface area contributed by atoms with Crippen LogP contribution in [0.4, 0.5) is 5.82 Å². The number of carbonyl (C=O) groups excluding carboxylic acids is 3. The molecule has 186 valence electrons. The Labute approximate surface area is 214 Å². The first-order valence-corrected chi connectivity index (χ1v) is 12.3. The molecule has 0 N–H and O–H groups in total. The van der Waals surface area contributed by atoms with Crippen LogP contribution in [0, 0.1) is 13.8 Å². The predicted molar refractivity (Wildman–Crippen MR) is 139 cm³/mol. The van der Waals surface area contributed by atoms with Gasteiger partial charge in [0.1, 0.15) is 11.6 Å². The van der Waals surface area contributed by atoms with Crippen LogP contribution < -0.4 is 4.90 Å². The minimum atomic E-state index is -0.413. The molecule has 2 aliphatic rings. The van der Waals surface area contributed by atoms with Gasteiger partial charge in [0.15, 0.2) is 0 Å². The van der Waals surface area contributed by atoms with Gasteiger partial charge < -0.3 is 14.2 Å². The first-order valence-electron chi connectivity index (χ1n) is 12.3. The third kappa shape index (κ3) is 3.94. The maximum atomic E-state index is 13.3. The van der Waals surface area contributed by atoms with Crippen LogP contribution >= 0.6 is 0 Å². The van der Waals surface area contributed by atoms with Crippen molar-refractivity contribution in [3.8, 4) is 0 Å². The second kappa shape index (κ2) is 8.89. The van der Waals surface area contributed by atoms with Crippen molar-refractivity contribution in [1.82, 2.24) is 14.8 Å². The second-order valence-electron chi connectivity index (χ2n) is 9.58. The molecule has 4 aromatic rings. The number of hydrogen-bond acceptors (Lipinski definition) is 6. The van der Waals surface area contributed by atoms with E-state index in [9.17, 15) is 14.4 Å². The summed E-state index contributed by atoms with van der Waals surface area (Å²) in [5.41, 5.74) is 4.31. The molecule has 0 atom stereocenters. The maximum absolute atomic E-state index is 13.3. The van der Waals surface area contributed by atoms with Crippen molar-refractivity contribution < 1.29 is 18.8 Å². The second-order valence-corrected chi connectivity index (χ2v) is 9.58. The molecule has 0 bridgehead atoms. The van der Waals surface area contributed by atoms with Gasteiger partial charge in [-0.15, -0.1) is 0 Å². The van der Waals surface area contributed by atoms with Crippen molar-refractivity contribution in [2.75, 3.05) is 31.1 Å². The Morgan fingerprint density at radius 3 is 2.43 bits per heavy atom. The largest absolute Gasteiger partial charge is 0.467 e. The summed E-state index contributed by atoms with van der Waals surface area (Å²) in [5, 5.41) is 1.16. The van der Waals surface area contributed by atoms with E-state index in [1.54, 1.807) is 35.2 Å². The SMILES string of the molecule is Cc1cc(N2CCN(C(=O)c3ccc4c(c3)C(=O)N(Cc3ccco3)C4=O)CC2)nc2c(C)cccc12. The van der Waals surface area contributed by atoms with Gasteiger partial charge in [0.05, 0.1) is 29.5 Å². The minimum Gasteiger partial charge on any atom is -0.467 e. The van der Waals surface area contributed by atoms with Crippen LogP contribution in [0.15, 0.2) is 65.3 Å². The molecular weight excluding hydrogens is 468 g/mol. The summed E-state index contributed by atoms with van der Waals surface area (Å²) in [6.45, 7) is 6.64. The molecule has 4 heterocycles. The van der Waals surface area contributed by atoms with Gasteiger partial charge >= 0.3 is 0 Å². The Morgan fingerprint density at radius 1 is 0.892 bits per heavy atom. The summed E-state index contributed by atoms with van der Waals surface area (Å²) >= 11 is 0. The highest BCUT2D eigenvalue weighted by Crippen LogP contribution is 2.28.